The summed E-state index contributed by atoms with van der Waals surface area (Å²) < 4.78 is 16.1. The van der Waals surface area contributed by atoms with Crippen molar-refractivity contribution in [2.24, 2.45) is 34.8 Å². The van der Waals surface area contributed by atoms with Gasteiger partial charge in [-0.1, -0.05) is 27.7 Å². The zero-order valence-corrected chi connectivity index (χ0v) is 24.7. The molecule has 3 aliphatic rings. The highest BCUT2D eigenvalue weighted by atomic mass is 19.1. The number of nitrogens with two attached hydrogens (primary N) is 1. The van der Waals surface area contributed by atoms with Crippen molar-refractivity contribution < 1.29 is 38.6 Å². The van der Waals surface area contributed by atoms with Crippen molar-refractivity contribution in [3.63, 3.8) is 0 Å². The Bertz CT molecular complexity index is 1340. The van der Waals surface area contributed by atoms with Gasteiger partial charge < -0.3 is 15.9 Å². The normalized spacial score (nSPS) is 30.8. The molecule has 0 aromatic heterocycles. The molecular formula is C30H40FN3O7. The second kappa shape index (κ2) is 10.4. The largest absolute Gasteiger partial charge is 0.507 e. The highest BCUT2D eigenvalue weighted by molar-refractivity contribution is 6.32. The number of likely N-dealkylation sites (N-methyl/N-ethyl adjacent to an activating group) is 1. The average Bonchev–Trinajstić information content (AvgIpc) is 2.85. The Morgan fingerprint density at radius 1 is 1.20 bits per heavy atom. The van der Waals surface area contributed by atoms with Gasteiger partial charge in [0.2, 0.25) is 5.91 Å². The molecule has 4 rings (SSSR count). The smallest absolute Gasteiger partial charge is 0.235 e. The number of benzene rings is 1. The number of aliphatic hydroxyl groups is 1. The number of phenolic OH excluding ortho intramolecular Hbond substituents is 1. The molecule has 0 saturated heterocycles. The number of primary amides is 1. The molecule has 11 heteroatoms. The maximum absolute atomic E-state index is 16.1. The van der Waals surface area contributed by atoms with Gasteiger partial charge in [-0.05, 0) is 57.8 Å². The van der Waals surface area contributed by atoms with Crippen molar-refractivity contribution in [1.82, 2.24) is 9.80 Å². The maximum atomic E-state index is 16.1. The Morgan fingerprint density at radius 3 is 2.32 bits per heavy atom. The molecule has 0 bridgehead atoms. The van der Waals surface area contributed by atoms with Crippen LogP contribution in [0.4, 0.5) is 4.39 Å². The van der Waals surface area contributed by atoms with Gasteiger partial charge >= 0.3 is 0 Å². The molecule has 1 amide bonds. The molecule has 2 fully saturated rings. The first-order valence-corrected chi connectivity index (χ1v) is 14.0. The average molecular weight is 574 g/mol. The van der Waals surface area contributed by atoms with Crippen LogP contribution in [0.5, 0.6) is 5.75 Å². The molecule has 1 aromatic rings. The fourth-order valence-electron chi connectivity index (χ4n) is 7.11. The summed E-state index contributed by atoms with van der Waals surface area (Å²) in [6.45, 7) is 11.0. The number of amides is 1. The van der Waals surface area contributed by atoms with Gasteiger partial charge in [0.25, 0.3) is 0 Å². The lowest BCUT2D eigenvalue weighted by molar-refractivity contribution is -0.181. The van der Waals surface area contributed by atoms with Gasteiger partial charge in [0.05, 0.1) is 17.5 Å². The third kappa shape index (κ3) is 4.62. The Kier molecular flexibility index (Phi) is 7.81. The number of halogens is 1. The van der Waals surface area contributed by atoms with Gasteiger partial charge in [-0.15, -0.1) is 0 Å². The van der Waals surface area contributed by atoms with Crippen LogP contribution >= 0.6 is 0 Å². The number of rotatable bonds is 6. The molecule has 1 aromatic carbocycles. The number of hydrogen-bond donors (Lipinski definition) is 3. The number of aromatic hydroxyl groups is 1. The van der Waals surface area contributed by atoms with Gasteiger partial charge in [-0.3, -0.25) is 33.8 Å². The van der Waals surface area contributed by atoms with Crippen LogP contribution in [0, 0.1) is 34.9 Å². The zero-order chi connectivity index (χ0) is 30.9. The van der Waals surface area contributed by atoms with Crippen molar-refractivity contribution in [3.8, 4) is 5.75 Å². The number of fused-ring (bicyclic) bond motifs is 3. The van der Waals surface area contributed by atoms with Crippen LogP contribution in [-0.4, -0.2) is 87.4 Å². The molecule has 10 nitrogen and oxygen atoms in total. The molecule has 2 unspecified atom stereocenters. The monoisotopic (exact) mass is 573 g/mol. The van der Waals surface area contributed by atoms with E-state index in [-0.39, 0.29) is 47.5 Å². The van der Waals surface area contributed by atoms with Crippen molar-refractivity contribution in [2.75, 3.05) is 20.6 Å². The molecule has 4 N–H and O–H groups in total. The van der Waals surface area contributed by atoms with Crippen LogP contribution in [0.1, 0.15) is 62.5 Å². The van der Waals surface area contributed by atoms with E-state index in [2.05, 4.69) is 25.7 Å². The van der Waals surface area contributed by atoms with E-state index >= 15 is 4.39 Å². The van der Waals surface area contributed by atoms with E-state index < -0.39 is 75.9 Å². The standard InChI is InChI=1S/C30H40FN3O7/c1-8-34(13(2)29(3,4)5)12-15-11-18(35)20-16(22(15)31)9-14-10-17-23(33(6)7)25(37)21(28(32)40)27(39)30(17,41)26(38)19(14)24(20)36/h11,13-14,17,19,21,23,35,41H,8-10,12H2,1-7H3,(H2,32,40)/t13-,14+,17+,19?,21?,23+,30+/m1/s1. The van der Waals surface area contributed by atoms with E-state index in [1.807, 2.05) is 13.8 Å². The van der Waals surface area contributed by atoms with Gasteiger partial charge in [-0.25, -0.2) is 4.39 Å². The van der Waals surface area contributed by atoms with E-state index in [1.54, 1.807) is 0 Å². The fourth-order valence-corrected chi connectivity index (χ4v) is 7.11. The Hall–Kier alpha value is -3.02. The minimum Gasteiger partial charge on any atom is -0.507 e. The third-order valence-corrected chi connectivity index (χ3v) is 9.65. The minimum atomic E-state index is -2.81. The molecule has 224 valence electrons. The van der Waals surface area contributed by atoms with Gasteiger partial charge in [0, 0.05) is 29.6 Å². The first kappa shape index (κ1) is 30.9. The van der Waals surface area contributed by atoms with Gasteiger partial charge in [-0.2, -0.15) is 0 Å². The SMILES string of the molecule is CCN(Cc1cc(O)c2c(c1F)C[C@H]1C[C@H]3[C@H](N(C)C)C(=O)C(C(N)=O)C(=O)[C@@]3(O)C(=O)C1C2=O)[C@H](C)C(C)(C)C. The molecule has 41 heavy (non-hydrogen) atoms. The number of nitrogens with zero attached hydrogens (tertiary/aromatic N) is 2. The Morgan fingerprint density at radius 2 is 1.80 bits per heavy atom. The Balaban J connectivity index is 1.79. The summed E-state index contributed by atoms with van der Waals surface area (Å²) in [5, 5.41) is 22.6. The molecule has 0 aliphatic heterocycles. The van der Waals surface area contributed by atoms with Crippen molar-refractivity contribution >= 4 is 29.0 Å². The number of phenols is 1. The van der Waals surface area contributed by atoms with E-state index in [9.17, 15) is 34.2 Å². The molecule has 7 atom stereocenters. The molecule has 0 heterocycles. The predicted molar refractivity (Wildman–Crippen MR) is 146 cm³/mol. The lowest BCUT2D eigenvalue weighted by Crippen LogP contribution is -2.74. The van der Waals surface area contributed by atoms with Crippen LogP contribution in [0.2, 0.25) is 0 Å². The van der Waals surface area contributed by atoms with Crippen LogP contribution in [-0.2, 0) is 32.1 Å². The van der Waals surface area contributed by atoms with E-state index in [0.717, 1.165) is 0 Å². The molecule has 0 radical (unpaired) electrons. The summed E-state index contributed by atoms with van der Waals surface area (Å²) in [4.78, 5) is 69.7. The number of hydrogen-bond acceptors (Lipinski definition) is 9. The van der Waals surface area contributed by atoms with E-state index in [1.165, 1.54) is 25.1 Å². The predicted octanol–water partition coefficient (Wildman–Crippen LogP) is 1.26. The van der Waals surface area contributed by atoms with Crippen LogP contribution in [0.15, 0.2) is 6.07 Å². The first-order valence-electron chi connectivity index (χ1n) is 14.0. The number of carbonyl (C=O) groups is 5. The quantitative estimate of drug-likeness (QED) is 0.426. The Labute approximate surface area is 239 Å². The number of Topliss-reactive ketones (excluding diaryl/α,β-unsaturated/α-hetero) is 4. The minimum absolute atomic E-state index is 0.0196. The maximum Gasteiger partial charge on any atom is 0.235 e. The van der Waals surface area contributed by atoms with Crippen LogP contribution < -0.4 is 5.73 Å². The summed E-state index contributed by atoms with van der Waals surface area (Å²) >= 11 is 0. The third-order valence-electron chi connectivity index (χ3n) is 9.65. The van der Waals surface area contributed by atoms with E-state index in [0.29, 0.717) is 6.54 Å². The molecule has 0 spiro atoms. The lowest BCUT2D eigenvalue weighted by atomic mass is 9.52. The zero-order valence-electron chi connectivity index (χ0n) is 24.7. The topological polar surface area (TPSA) is 158 Å². The summed E-state index contributed by atoms with van der Waals surface area (Å²) in [5.41, 5.74) is 2.27. The number of ketones is 4. The lowest BCUT2D eigenvalue weighted by Gasteiger charge is -2.52. The molecule has 2 saturated carbocycles. The molecular weight excluding hydrogens is 533 g/mol. The fraction of sp³-hybridized carbons (Fsp3) is 0.633. The second-order valence-corrected chi connectivity index (χ2v) is 13.1. The summed E-state index contributed by atoms with van der Waals surface area (Å²) in [6, 6.07) is 0.0571. The summed E-state index contributed by atoms with van der Waals surface area (Å²) in [6.07, 6.45) is -0.240. The van der Waals surface area contributed by atoms with Crippen LogP contribution in [0.25, 0.3) is 0 Å². The van der Waals surface area contributed by atoms with Gasteiger partial charge in [0.15, 0.2) is 34.7 Å². The summed E-state index contributed by atoms with van der Waals surface area (Å²) in [7, 11) is 3.02. The number of carbonyl (C=O) groups excluding carboxylic acids is 5. The highest BCUT2D eigenvalue weighted by Crippen LogP contribution is 2.51. The summed E-state index contributed by atoms with van der Waals surface area (Å²) in [5.74, 6) is -12.3. The van der Waals surface area contributed by atoms with Crippen molar-refractivity contribution in [2.45, 2.75) is 71.7 Å². The van der Waals surface area contributed by atoms with Crippen LogP contribution in [0.3, 0.4) is 0 Å². The molecule has 3 aliphatic carbocycles. The van der Waals surface area contributed by atoms with Crippen molar-refractivity contribution in [1.29, 1.82) is 0 Å². The first-order chi connectivity index (χ1) is 18.9. The van der Waals surface area contributed by atoms with Crippen molar-refractivity contribution in [3.05, 3.63) is 28.6 Å². The van der Waals surface area contributed by atoms with E-state index in [4.69, 9.17) is 5.73 Å². The highest BCUT2D eigenvalue weighted by Gasteiger charge is 2.69. The second-order valence-electron chi connectivity index (χ2n) is 13.1. The van der Waals surface area contributed by atoms with Gasteiger partial charge in [0.1, 0.15) is 11.6 Å².